The van der Waals surface area contributed by atoms with Gasteiger partial charge < -0.3 is 19.3 Å². The van der Waals surface area contributed by atoms with Crippen LogP contribution in [0.3, 0.4) is 0 Å². The molecule has 0 radical (unpaired) electrons. The molecule has 1 aromatic rings. The minimum absolute atomic E-state index is 0.551. The van der Waals surface area contributed by atoms with Crippen molar-refractivity contribution in [3.63, 3.8) is 0 Å². The van der Waals surface area contributed by atoms with E-state index in [0.29, 0.717) is 12.4 Å². The van der Waals surface area contributed by atoms with Crippen LogP contribution in [-0.4, -0.2) is 32.5 Å². The minimum atomic E-state index is -0.551. The van der Waals surface area contributed by atoms with Gasteiger partial charge in [0.1, 0.15) is 11.5 Å². The first kappa shape index (κ1) is 14.8. The zero-order valence-electron chi connectivity index (χ0n) is 11.3. The molecule has 1 atom stereocenters. The fourth-order valence-corrected chi connectivity index (χ4v) is 1.64. The zero-order chi connectivity index (χ0) is 13.4. The molecule has 0 aliphatic rings. The highest BCUT2D eigenvalue weighted by atomic mass is 16.5. The molecular weight excluding hydrogens is 232 g/mol. The van der Waals surface area contributed by atoms with Crippen molar-refractivity contribution in [2.75, 3.05) is 27.4 Å². The van der Waals surface area contributed by atoms with E-state index in [2.05, 4.69) is 0 Å². The molecule has 0 bridgehead atoms. The smallest absolute Gasteiger partial charge is 0.128 e. The number of ether oxygens (including phenoxy) is 3. The summed E-state index contributed by atoms with van der Waals surface area (Å²) >= 11 is 0. The highest BCUT2D eigenvalue weighted by Crippen LogP contribution is 2.29. The predicted octanol–water partition coefficient (Wildman–Crippen LogP) is 2.55. The maximum Gasteiger partial charge on any atom is 0.128 e. The van der Waals surface area contributed by atoms with Crippen molar-refractivity contribution in [3.8, 4) is 11.5 Å². The molecule has 1 rings (SSSR count). The van der Waals surface area contributed by atoms with Crippen molar-refractivity contribution in [2.45, 2.75) is 25.9 Å². The first-order valence-electron chi connectivity index (χ1n) is 6.16. The summed E-state index contributed by atoms with van der Waals surface area (Å²) < 4.78 is 15.8. The minimum Gasteiger partial charge on any atom is -0.497 e. The molecule has 0 spiro atoms. The van der Waals surface area contributed by atoms with Crippen LogP contribution in [0.2, 0.25) is 0 Å². The highest BCUT2D eigenvalue weighted by molar-refractivity contribution is 5.41. The molecular formula is C14H22O4. The Bertz CT molecular complexity index is 350. The Morgan fingerprint density at radius 3 is 2.50 bits per heavy atom. The van der Waals surface area contributed by atoms with Crippen molar-refractivity contribution in [3.05, 3.63) is 23.8 Å². The van der Waals surface area contributed by atoms with Gasteiger partial charge in [-0.15, -0.1) is 0 Å². The lowest BCUT2D eigenvalue weighted by atomic mass is 10.1. The summed E-state index contributed by atoms with van der Waals surface area (Å²) in [4.78, 5) is 0. The van der Waals surface area contributed by atoms with Crippen LogP contribution in [0.4, 0.5) is 0 Å². The first-order chi connectivity index (χ1) is 8.69. The Hall–Kier alpha value is -1.26. The number of hydrogen-bond acceptors (Lipinski definition) is 4. The molecule has 1 aromatic carbocycles. The van der Waals surface area contributed by atoms with E-state index in [4.69, 9.17) is 14.2 Å². The number of aliphatic hydroxyl groups is 1. The van der Waals surface area contributed by atoms with Gasteiger partial charge in [-0.3, -0.25) is 0 Å². The van der Waals surface area contributed by atoms with Gasteiger partial charge in [-0.05, 0) is 31.9 Å². The summed E-state index contributed by atoms with van der Waals surface area (Å²) in [5.74, 6) is 1.41. The summed E-state index contributed by atoms with van der Waals surface area (Å²) in [6, 6.07) is 5.45. The topological polar surface area (TPSA) is 47.9 Å². The summed E-state index contributed by atoms with van der Waals surface area (Å²) in [5, 5.41) is 9.67. The normalized spacial score (nSPS) is 12.2. The molecule has 0 amide bonds. The lowest BCUT2D eigenvalue weighted by Gasteiger charge is -2.14. The quantitative estimate of drug-likeness (QED) is 0.724. The lowest BCUT2D eigenvalue weighted by molar-refractivity contribution is 0.178. The molecule has 0 unspecified atom stereocenters. The predicted molar refractivity (Wildman–Crippen MR) is 70.2 cm³/mol. The molecule has 0 fully saturated rings. The molecule has 0 saturated heterocycles. The van der Waals surface area contributed by atoms with Crippen LogP contribution in [-0.2, 0) is 4.74 Å². The standard InChI is InChI=1S/C14H22O4/c1-11(15)13-7-6-12(17-3)10-14(13)18-9-5-4-8-16-2/h6-7,10-11,15H,4-5,8-9H2,1-3H3/t11-/m1/s1. The number of unbranched alkanes of at least 4 members (excludes halogenated alkanes) is 1. The summed E-state index contributed by atoms with van der Waals surface area (Å²) in [7, 11) is 3.30. The lowest BCUT2D eigenvalue weighted by Crippen LogP contribution is -2.03. The monoisotopic (exact) mass is 254 g/mol. The number of hydrogen-bond donors (Lipinski definition) is 1. The van der Waals surface area contributed by atoms with Crippen LogP contribution >= 0.6 is 0 Å². The van der Waals surface area contributed by atoms with E-state index in [1.165, 1.54) is 0 Å². The van der Waals surface area contributed by atoms with Crippen molar-refractivity contribution >= 4 is 0 Å². The van der Waals surface area contributed by atoms with Crippen LogP contribution in [0.5, 0.6) is 11.5 Å². The third-order valence-corrected chi connectivity index (χ3v) is 2.67. The Morgan fingerprint density at radius 1 is 1.17 bits per heavy atom. The molecule has 0 aromatic heterocycles. The maximum absolute atomic E-state index is 9.67. The third-order valence-electron chi connectivity index (χ3n) is 2.67. The number of methoxy groups -OCH3 is 2. The molecule has 0 heterocycles. The Morgan fingerprint density at radius 2 is 1.89 bits per heavy atom. The van der Waals surface area contributed by atoms with E-state index in [1.54, 1.807) is 27.2 Å². The van der Waals surface area contributed by atoms with E-state index in [0.717, 1.165) is 30.8 Å². The second kappa shape index (κ2) is 7.95. The molecule has 0 aliphatic heterocycles. The van der Waals surface area contributed by atoms with Gasteiger partial charge in [0.25, 0.3) is 0 Å². The molecule has 4 heteroatoms. The number of aliphatic hydroxyl groups excluding tert-OH is 1. The van der Waals surface area contributed by atoms with Crippen molar-refractivity contribution in [1.82, 2.24) is 0 Å². The summed E-state index contributed by atoms with van der Waals surface area (Å²) in [6.07, 6.45) is 1.33. The summed E-state index contributed by atoms with van der Waals surface area (Å²) in [6.45, 7) is 3.07. The Balaban J connectivity index is 2.60. The van der Waals surface area contributed by atoms with Gasteiger partial charge in [0.05, 0.1) is 19.8 Å². The fourth-order valence-electron chi connectivity index (χ4n) is 1.64. The van der Waals surface area contributed by atoms with E-state index in [-0.39, 0.29) is 0 Å². The van der Waals surface area contributed by atoms with Gasteiger partial charge in [0.15, 0.2) is 0 Å². The SMILES string of the molecule is COCCCCOc1cc(OC)ccc1[C@@H](C)O. The van der Waals surface area contributed by atoms with Gasteiger partial charge in [-0.25, -0.2) is 0 Å². The van der Waals surface area contributed by atoms with Crippen molar-refractivity contribution in [2.24, 2.45) is 0 Å². The van der Waals surface area contributed by atoms with Gasteiger partial charge in [-0.2, -0.15) is 0 Å². The second-order valence-corrected chi connectivity index (χ2v) is 4.13. The molecule has 0 aliphatic carbocycles. The van der Waals surface area contributed by atoms with Gasteiger partial charge in [-0.1, -0.05) is 0 Å². The van der Waals surface area contributed by atoms with Crippen LogP contribution in [0, 0.1) is 0 Å². The van der Waals surface area contributed by atoms with Gasteiger partial charge >= 0.3 is 0 Å². The average Bonchev–Trinajstić information content (AvgIpc) is 2.38. The first-order valence-corrected chi connectivity index (χ1v) is 6.16. The van der Waals surface area contributed by atoms with E-state index in [9.17, 15) is 5.11 Å². The molecule has 4 nitrogen and oxygen atoms in total. The van der Waals surface area contributed by atoms with Crippen molar-refractivity contribution < 1.29 is 19.3 Å². The second-order valence-electron chi connectivity index (χ2n) is 4.13. The van der Waals surface area contributed by atoms with Gasteiger partial charge in [0.2, 0.25) is 0 Å². The van der Waals surface area contributed by atoms with Crippen LogP contribution < -0.4 is 9.47 Å². The van der Waals surface area contributed by atoms with E-state index >= 15 is 0 Å². The van der Waals surface area contributed by atoms with Crippen molar-refractivity contribution in [1.29, 1.82) is 0 Å². The fraction of sp³-hybridized carbons (Fsp3) is 0.571. The highest BCUT2D eigenvalue weighted by Gasteiger charge is 2.10. The van der Waals surface area contributed by atoms with E-state index < -0.39 is 6.10 Å². The third kappa shape index (κ3) is 4.55. The molecule has 102 valence electrons. The van der Waals surface area contributed by atoms with Crippen LogP contribution in [0.15, 0.2) is 18.2 Å². The van der Waals surface area contributed by atoms with Gasteiger partial charge in [0, 0.05) is 25.3 Å². The molecule has 1 N–H and O–H groups in total. The maximum atomic E-state index is 9.67. The summed E-state index contributed by atoms with van der Waals surface area (Å²) in [5.41, 5.74) is 0.780. The zero-order valence-corrected chi connectivity index (χ0v) is 11.3. The number of benzene rings is 1. The Kier molecular flexibility index (Phi) is 6.54. The molecule has 0 saturated carbocycles. The average molecular weight is 254 g/mol. The Labute approximate surface area is 108 Å². The van der Waals surface area contributed by atoms with Crippen LogP contribution in [0.25, 0.3) is 0 Å². The van der Waals surface area contributed by atoms with Crippen LogP contribution in [0.1, 0.15) is 31.4 Å². The van der Waals surface area contributed by atoms with E-state index in [1.807, 2.05) is 12.1 Å². The number of rotatable bonds is 8. The molecule has 18 heavy (non-hydrogen) atoms. The largest absolute Gasteiger partial charge is 0.497 e.